The molecular formula is C22H20N2O4S5. The van der Waals surface area contributed by atoms with Gasteiger partial charge in [-0.1, -0.05) is 23.9 Å². The van der Waals surface area contributed by atoms with E-state index in [-0.39, 0.29) is 9.79 Å². The minimum Gasteiger partial charge on any atom is -0.398 e. The molecule has 0 aliphatic heterocycles. The average molecular weight is 537 g/mol. The summed E-state index contributed by atoms with van der Waals surface area (Å²) in [5.41, 5.74) is 16.6. The number of hydrogen-bond donors (Lipinski definition) is 2. The fraction of sp³-hybridized carbons (Fsp3) is 0.0909. The van der Waals surface area contributed by atoms with Crippen LogP contribution in [-0.2, 0) is 19.7 Å². The highest BCUT2D eigenvalue weighted by Gasteiger charge is 2.18. The van der Waals surface area contributed by atoms with Gasteiger partial charge in [-0.05, 0) is 47.2 Å². The second-order valence-electron chi connectivity index (χ2n) is 7.39. The van der Waals surface area contributed by atoms with Gasteiger partial charge in [-0.25, -0.2) is 16.8 Å². The van der Waals surface area contributed by atoms with Crippen molar-refractivity contribution in [3.05, 3.63) is 59.3 Å². The van der Waals surface area contributed by atoms with Crippen molar-refractivity contribution in [3.8, 4) is 22.3 Å². The highest BCUT2D eigenvalue weighted by Crippen LogP contribution is 2.47. The lowest BCUT2D eigenvalue weighted by atomic mass is 10.1. The van der Waals surface area contributed by atoms with Crippen molar-refractivity contribution in [1.82, 2.24) is 0 Å². The number of nitrogens with two attached hydrogens (primary N) is 2. The second-order valence-corrected chi connectivity index (χ2v) is 14.8. The van der Waals surface area contributed by atoms with Gasteiger partial charge in [0.15, 0.2) is 19.7 Å². The van der Waals surface area contributed by atoms with Crippen LogP contribution in [0.2, 0.25) is 0 Å². The Morgan fingerprint density at radius 1 is 0.636 bits per heavy atom. The van der Waals surface area contributed by atoms with Gasteiger partial charge in [0.05, 0.1) is 18.2 Å². The molecule has 4 aromatic rings. The first-order valence-electron chi connectivity index (χ1n) is 9.48. The molecule has 172 valence electrons. The quantitative estimate of drug-likeness (QED) is 0.322. The highest BCUT2D eigenvalue weighted by atomic mass is 32.2. The zero-order valence-electron chi connectivity index (χ0n) is 17.6. The minimum atomic E-state index is -3.35. The standard InChI is InChI=1S/C22H20N2O4S5/c1-32(25,26)13-3-5-15(19(23)11-13)17-7-9-29-21(17)31-22-18(8-10-30-22)16-6-4-14(12-20(16)24)33(2,27)28/h3-12H,23-24H2,1-2H3. The number of nitrogen functional groups attached to an aromatic ring is 2. The highest BCUT2D eigenvalue weighted by molar-refractivity contribution is 8.03. The van der Waals surface area contributed by atoms with Gasteiger partial charge in [-0.3, -0.25) is 0 Å². The van der Waals surface area contributed by atoms with Crippen LogP contribution < -0.4 is 11.5 Å². The predicted molar refractivity (Wildman–Crippen MR) is 139 cm³/mol. The van der Waals surface area contributed by atoms with Gasteiger partial charge in [0.25, 0.3) is 0 Å². The smallest absolute Gasteiger partial charge is 0.175 e. The van der Waals surface area contributed by atoms with E-state index in [9.17, 15) is 16.8 Å². The molecule has 4 N–H and O–H groups in total. The Hall–Kier alpha value is -2.31. The van der Waals surface area contributed by atoms with Crippen molar-refractivity contribution in [3.63, 3.8) is 0 Å². The average Bonchev–Trinajstić information content (AvgIpc) is 3.36. The van der Waals surface area contributed by atoms with E-state index in [0.717, 1.165) is 43.2 Å². The maximum atomic E-state index is 11.8. The molecule has 11 heteroatoms. The molecule has 0 amide bonds. The maximum absolute atomic E-state index is 11.8. The van der Waals surface area contributed by atoms with Crippen molar-refractivity contribution >= 4 is 65.5 Å². The first kappa shape index (κ1) is 23.8. The summed E-state index contributed by atoms with van der Waals surface area (Å²) >= 11 is 4.69. The first-order chi connectivity index (χ1) is 15.4. The van der Waals surface area contributed by atoms with Crippen LogP contribution in [0.25, 0.3) is 22.3 Å². The van der Waals surface area contributed by atoms with Crippen LogP contribution in [0.15, 0.2) is 77.5 Å². The lowest BCUT2D eigenvalue weighted by molar-refractivity contribution is 0.600. The van der Waals surface area contributed by atoms with Crippen LogP contribution in [0, 0.1) is 0 Å². The molecule has 0 bridgehead atoms. The molecule has 0 aliphatic carbocycles. The molecule has 2 aromatic heterocycles. The summed E-state index contributed by atoms with van der Waals surface area (Å²) in [6, 6.07) is 13.5. The van der Waals surface area contributed by atoms with Crippen LogP contribution >= 0.6 is 34.4 Å². The van der Waals surface area contributed by atoms with Crippen molar-refractivity contribution in [1.29, 1.82) is 0 Å². The Kier molecular flexibility index (Phi) is 6.36. The third-order valence-corrected chi connectivity index (χ3v) is 10.4. The third-order valence-electron chi connectivity index (χ3n) is 4.93. The zero-order valence-corrected chi connectivity index (χ0v) is 21.7. The van der Waals surface area contributed by atoms with E-state index in [4.69, 9.17) is 11.5 Å². The summed E-state index contributed by atoms with van der Waals surface area (Å²) < 4.78 is 49.4. The van der Waals surface area contributed by atoms with Gasteiger partial charge < -0.3 is 11.5 Å². The molecule has 0 aliphatic rings. The molecule has 0 saturated heterocycles. The van der Waals surface area contributed by atoms with Gasteiger partial charge in [-0.15, -0.1) is 22.7 Å². The summed E-state index contributed by atoms with van der Waals surface area (Å²) in [6.07, 6.45) is 2.31. The Balaban J connectivity index is 1.70. The largest absolute Gasteiger partial charge is 0.398 e. The Bertz CT molecular complexity index is 1450. The number of rotatable bonds is 6. The van der Waals surface area contributed by atoms with E-state index < -0.39 is 19.7 Å². The molecule has 0 unspecified atom stereocenters. The number of thiophene rings is 2. The van der Waals surface area contributed by atoms with E-state index in [2.05, 4.69) is 0 Å². The van der Waals surface area contributed by atoms with Gasteiger partial charge in [0, 0.05) is 46.1 Å². The van der Waals surface area contributed by atoms with E-state index >= 15 is 0 Å². The molecule has 2 heterocycles. The van der Waals surface area contributed by atoms with Crippen LogP contribution in [0.3, 0.4) is 0 Å². The predicted octanol–water partition coefficient (Wildman–Crippen LogP) is 5.27. The second kappa shape index (κ2) is 8.80. The molecule has 0 atom stereocenters. The molecular weight excluding hydrogens is 517 g/mol. The number of hydrogen-bond acceptors (Lipinski definition) is 9. The normalized spacial score (nSPS) is 12.2. The van der Waals surface area contributed by atoms with Crippen LogP contribution in [0.5, 0.6) is 0 Å². The maximum Gasteiger partial charge on any atom is 0.175 e. The van der Waals surface area contributed by atoms with Gasteiger partial charge in [-0.2, -0.15) is 0 Å². The summed E-state index contributed by atoms with van der Waals surface area (Å²) in [5.74, 6) is 0. The van der Waals surface area contributed by atoms with Crippen molar-refractivity contribution in [2.45, 2.75) is 18.2 Å². The van der Waals surface area contributed by atoms with Crippen molar-refractivity contribution in [2.75, 3.05) is 24.0 Å². The van der Waals surface area contributed by atoms with Gasteiger partial charge in [0.2, 0.25) is 0 Å². The Morgan fingerprint density at radius 3 is 1.36 bits per heavy atom. The van der Waals surface area contributed by atoms with Crippen LogP contribution in [-0.4, -0.2) is 29.3 Å². The first-order valence-corrected chi connectivity index (χ1v) is 15.8. The summed E-state index contributed by atoms with van der Waals surface area (Å²) in [5, 5.41) is 3.92. The SMILES string of the molecule is CS(=O)(=O)c1ccc(-c2ccsc2Sc2sccc2-c2ccc(S(C)(=O)=O)cc2N)c(N)c1. The van der Waals surface area contributed by atoms with Crippen molar-refractivity contribution in [2.24, 2.45) is 0 Å². The Morgan fingerprint density at radius 2 is 1.03 bits per heavy atom. The molecule has 2 aromatic carbocycles. The lowest BCUT2D eigenvalue weighted by Gasteiger charge is -2.11. The molecule has 0 radical (unpaired) electrons. The lowest BCUT2D eigenvalue weighted by Crippen LogP contribution is -1.99. The van der Waals surface area contributed by atoms with E-state index in [0.29, 0.717) is 11.4 Å². The number of sulfone groups is 2. The fourth-order valence-corrected chi connectivity index (χ4v) is 7.96. The van der Waals surface area contributed by atoms with Crippen LogP contribution in [0.1, 0.15) is 0 Å². The molecule has 0 saturated carbocycles. The fourth-order valence-electron chi connectivity index (χ4n) is 3.27. The van der Waals surface area contributed by atoms with Crippen molar-refractivity contribution < 1.29 is 16.8 Å². The summed E-state index contributed by atoms with van der Waals surface area (Å²) in [4.78, 5) is 0.364. The number of benzene rings is 2. The number of anilines is 2. The zero-order chi connectivity index (χ0) is 24.0. The molecule has 33 heavy (non-hydrogen) atoms. The van der Waals surface area contributed by atoms with Gasteiger partial charge >= 0.3 is 0 Å². The van der Waals surface area contributed by atoms with Gasteiger partial charge in [0.1, 0.15) is 0 Å². The minimum absolute atomic E-state index is 0.182. The van der Waals surface area contributed by atoms with E-state index in [1.165, 1.54) is 12.1 Å². The monoisotopic (exact) mass is 536 g/mol. The Labute approximate surface area is 205 Å². The molecule has 6 nitrogen and oxygen atoms in total. The summed E-state index contributed by atoms with van der Waals surface area (Å²) in [7, 11) is -6.69. The third kappa shape index (κ3) is 4.97. The molecule has 4 rings (SSSR count). The topological polar surface area (TPSA) is 120 Å². The van der Waals surface area contributed by atoms with E-state index in [1.54, 1.807) is 58.7 Å². The van der Waals surface area contributed by atoms with Crippen LogP contribution in [0.4, 0.5) is 11.4 Å². The molecule has 0 fully saturated rings. The summed E-state index contributed by atoms with van der Waals surface area (Å²) in [6.45, 7) is 0. The van der Waals surface area contributed by atoms with E-state index in [1.807, 2.05) is 22.9 Å². The molecule has 0 spiro atoms.